The van der Waals surface area contributed by atoms with Crippen molar-refractivity contribution in [1.82, 2.24) is 0 Å². The van der Waals surface area contributed by atoms with E-state index in [4.69, 9.17) is 11.6 Å². The molecule has 0 atom stereocenters. The van der Waals surface area contributed by atoms with Crippen LogP contribution in [0.15, 0.2) is 18.2 Å². The quantitative estimate of drug-likeness (QED) is 0.602. The minimum Gasteiger partial charge on any atom is -0.405 e. The first-order chi connectivity index (χ1) is 6.79. The minimum atomic E-state index is -4.84. The Bertz CT molecular complexity index is 392. The summed E-state index contributed by atoms with van der Waals surface area (Å²) < 4.78 is 40.0. The maximum atomic E-state index is 11.9. The zero-order valence-corrected chi connectivity index (χ0v) is 9.85. The van der Waals surface area contributed by atoms with Crippen LogP contribution in [-0.4, -0.2) is 11.6 Å². The van der Waals surface area contributed by atoms with Crippen LogP contribution in [0.1, 0.15) is 10.4 Å². The van der Waals surface area contributed by atoms with E-state index in [-0.39, 0.29) is 5.56 Å². The highest BCUT2D eigenvalue weighted by Gasteiger charge is 2.32. The molecule has 0 amide bonds. The molecule has 0 bridgehead atoms. The molecule has 1 aromatic carbocycles. The fourth-order valence-electron chi connectivity index (χ4n) is 0.868. The predicted molar refractivity (Wildman–Crippen MR) is 56.0 cm³/mol. The van der Waals surface area contributed by atoms with Crippen molar-refractivity contribution in [2.45, 2.75) is 6.36 Å². The lowest BCUT2D eigenvalue weighted by molar-refractivity contribution is -0.274. The van der Waals surface area contributed by atoms with E-state index in [1.807, 2.05) is 0 Å². The molecule has 0 heterocycles. The van der Waals surface area contributed by atoms with Crippen LogP contribution in [0, 0.1) is 3.57 Å². The van der Waals surface area contributed by atoms with Gasteiger partial charge in [-0.1, -0.05) is 0 Å². The third-order valence-corrected chi connectivity index (χ3v) is 2.26. The fourth-order valence-corrected chi connectivity index (χ4v) is 1.49. The summed E-state index contributed by atoms with van der Waals surface area (Å²) in [4.78, 5) is 10.8. The maximum Gasteiger partial charge on any atom is 0.573 e. The lowest BCUT2D eigenvalue weighted by Crippen LogP contribution is -2.18. The molecule has 0 aromatic heterocycles. The van der Waals surface area contributed by atoms with Gasteiger partial charge in [0.25, 0.3) is 5.24 Å². The second-order valence-electron chi connectivity index (χ2n) is 2.46. The van der Waals surface area contributed by atoms with Gasteiger partial charge in [0.15, 0.2) is 0 Å². The van der Waals surface area contributed by atoms with E-state index in [0.717, 1.165) is 6.07 Å². The van der Waals surface area contributed by atoms with Gasteiger partial charge < -0.3 is 4.74 Å². The molecule has 0 aliphatic heterocycles. The monoisotopic (exact) mass is 350 g/mol. The SMILES string of the molecule is O=C(Cl)c1ccc(I)cc1OC(F)(F)F. The van der Waals surface area contributed by atoms with E-state index in [1.54, 1.807) is 22.6 Å². The van der Waals surface area contributed by atoms with Gasteiger partial charge in [0.05, 0.1) is 5.56 Å². The van der Waals surface area contributed by atoms with Crippen molar-refractivity contribution in [3.8, 4) is 5.75 Å². The first kappa shape index (κ1) is 12.6. The van der Waals surface area contributed by atoms with Crippen LogP contribution in [-0.2, 0) is 0 Å². The largest absolute Gasteiger partial charge is 0.573 e. The molecule has 0 spiro atoms. The number of hydrogen-bond acceptors (Lipinski definition) is 2. The first-order valence-corrected chi connectivity index (χ1v) is 5.00. The second-order valence-corrected chi connectivity index (χ2v) is 4.05. The van der Waals surface area contributed by atoms with Crippen LogP contribution in [0.3, 0.4) is 0 Å². The fraction of sp³-hybridized carbons (Fsp3) is 0.125. The van der Waals surface area contributed by atoms with Crippen molar-refractivity contribution in [3.05, 3.63) is 27.3 Å². The topological polar surface area (TPSA) is 26.3 Å². The number of benzene rings is 1. The molecule has 0 aliphatic carbocycles. The summed E-state index contributed by atoms with van der Waals surface area (Å²) in [6.07, 6.45) is -4.84. The summed E-state index contributed by atoms with van der Waals surface area (Å²) in [6, 6.07) is 3.72. The maximum absolute atomic E-state index is 11.9. The van der Waals surface area contributed by atoms with Crippen LogP contribution in [0.2, 0.25) is 0 Å². The van der Waals surface area contributed by atoms with Crippen molar-refractivity contribution in [2.75, 3.05) is 0 Å². The van der Waals surface area contributed by atoms with Crippen molar-refractivity contribution in [2.24, 2.45) is 0 Å². The highest BCUT2D eigenvalue weighted by molar-refractivity contribution is 14.1. The summed E-state index contributed by atoms with van der Waals surface area (Å²) in [5.74, 6) is -0.589. The lowest BCUT2D eigenvalue weighted by Gasteiger charge is -2.11. The average Bonchev–Trinajstić information content (AvgIpc) is 1.99. The van der Waals surface area contributed by atoms with Crippen LogP contribution in [0.5, 0.6) is 5.75 Å². The third kappa shape index (κ3) is 3.86. The molecule has 2 nitrogen and oxygen atoms in total. The molecule has 82 valence electrons. The first-order valence-electron chi connectivity index (χ1n) is 3.55. The molecule has 0 radical (unpaired) electrons. The molecular formula is C8H3ClF3IO2. The van der Waals surface area contributed by atoms with E-state index >= 15 is 0 Å². The van der Waals surface area contributed by atoms with E-state index < -0.39 is 17.4 Å². The Kier molecular flexibility index (Phi) is 3.82. The van der Waals surface area contributed by atoms with Gasteiger partial charge in [-0.3, -0.25) is 4.79 Å². The van der Waals surface area contributed by atoms with Crippen molar-refractivity contribution in [3.63, 3.8) is 0 Å². The van der Waals surface area contributed by atoms with Gasteiger partial charge in [0.2, 0.25) is 0 Å². The van der Waals surface area contributed by atoms with Gasteiger partial charge in [0.1, 0.15) is 5.75 Å². The molecule has 0 saturated heterocycles. The molecule has 0 N–H and O–H groups in total. The van der Waals surface area contributed by atoms with Gasteiger partial charge in [-0.15, -0.1) is 13.2 Å². The Morgan fingerprint density at radius 2 is 2.00 bits per heavy atom. The number of carbonyl (C=O) groups excluding carboxylic acids is 1. The zero-order valence-electron chi connectivity index (χ0n) is 6.94. The number of alkyl halides is 3. The smallest absolute Gasteiger partial charge is 0.405 e. The molecule has 7 heteroatoms. The van der Waals surface area contributed by atoms with Crippen LogP contribution in [0.25, 0.3) is 0 Å². The van der Waals surface area contributed by atoms with Gasteiger partial charge in [-0.2, -0.15) is 0 Å². The number of rotatable bonds is 2. The molecule has 0 saturated carbocycles. The molecule has 0 fully saturated rings. The minimum absolute atomic E-state index is 0.311. The second kappa shape index (κ2) is 4.56. The average molecular weight is 350 g/mol. The number of carbonyl (C=O) groups is 1. The summed E-state index contributed by atoms with van der Waals surface area (Å²) >= 11 is 6.90. The Morgan fingerprint density at radius 3 is 2.47 bits per heavy atom. The zero-order chi connectivity index (χ0) is 11.6. The van der Waals surface area contributed by atoms with Crippen molar-refractivity contribution in [1.29, 1.82) is 0 Å². The predicted octanol–water partition coefficient (Wildman–Crippen LogP) is 3.57. The Morgan fingerprint density at radius 1 is 1.40 bits per heavy atom. The normalized spacial score (nSPS) is 11.3. The van der Waals surface area contributed by atoms with Crippen LogP contribution < -0.4 is 4.74 Å². The third-order valence-electron chi connectivity index (χ3n) is 1.38. The van der Waals surface area contributed by atoms with Crippen LogP contribution >= 0.6 is 34.2 Å². The lowest BCUT2D eigenvalue weighted by atomic mass is 10.2. The molecule has 1 rings (SSSR count). The van der Waals surface area contributed by atoms with E-state index in [9.17, 15) is 18.0 Å². The number of ether oxygens (including phenoxy) is 1. The molecule has 1 aromatic rings. The van der Waals surface area contributed by atoms with E-state index in [2.05, 4.69) is 4.74 Å². The van der Waals surface area contributed by atoms with E-state index in [1.165, 1.54) is 12.1 Å². The van der Waals surface area contributed by atoms with Gasteiger partial charge in [-0.25, -0.2) is 0 Å². The van der Waals surface area contributed by atoms with Gasteiger partial charge in [0, 0.05) is 3.57 Å². The van der Waals surface area contributed by atoms with Gasteiger partial charge >= 0.3 is 6.36 Å². The molecule has 15 heavy (non-hydrogen) atoms. The number of hydrogen-bond donors (Lipinski definition) is 0. The van der Waals surface area contributed by atoms with Crippen LogP contribution in [0.4, 0.5) is 13.2 Å². The molecule has 0 unspecified atom stereocenters. The Balaban J connectivity index is 3.13. The summed E-state index contributed by atoms with van der Waals surface area (Å²) in [6.45, 7) is 0. The number of halogens is 5. The molecule has 0 aliphatic rings. The summed E-state index contributed by atoms with van der Waals surface area (Å²) in [5.41, 5.74) is -0.311. The molecular weight excluding hydrogens is 347 g/mol. The van der Waals surface area contributed by atoms with Crippen molar-refractivity contribution < 1.29 is 22.7 Å². The Labute approximate surface area is 101 Å². The standard InChI is InChI=1S/C8H3ClF3IO2/c9-7(14)5-2-1-4(13)3-6(5)15-8(10,11)12/h1-3H. The summed E-state index contributed by atoms with van der Waals surface area (Å²) in [7, 11) is 0. The highest BCUT2D eigenvalue weighted by atomic mass is 127. The van der Waals surface area contributed by atoms with E-state index in [0.29, 0.717) is 3.57 Å². The van der Waals surface area contributed by atoms with Crippen molar-refractivity contribution >= 4 is 39.4 Å². The highest BCUT2D eigenvalue weighted by Crippen LogP contribution is 2.28. The van der Waals surface area contributed by atoms with Gasteiger partial charge in [-0.05, 0) is 52.4 Å². The Hall–Kier alpha value is -0.500. The summed E-state index contributed by atoms with van der Waals surface area (Å²) in [5, 5.41) is -0.995.